The van der Waals surface area contributed by atoms with Crippen LogP contribution in [0.5, 0.6) is 0 Å². The summed E-state index contributed by atoms with van der Waals surface area (Å²) in [6.07, 6.45) is 2.44. The zero-order valence-electron chi connectivity index (χ0n) is 15.8. The molecule has 3 heterocycles. The minimum Gasteiger partial charge on any atom is -0.460 e. The molecule has 1 amide bonds. The Morgan fingerprint density at radius 3 is 2.61 bits per heavy atom. The first-order chi connectivity index (χ1) is 13.6. The number of carbonyl (C=O) groups excluding carboxylic acids is 1. The topological polar surface area (TPSA) is 63.3 Å². The van der Waals surface area contributed by atoms with E-state index in [0.717, 1.165) is 25.4 Å². The van der Waals surface area contributed by atoms with E-state index < -0.39 is 0 Å². The van der Waals surface area contributed by atoms with E-state index in [1.807, 2.05) is 19.1 Å². The number of hydrogen-bond donors (Lipinski definition) is 1. The third kappa shape index (κ3) is 3.99. The lowest BCUT2D eigenvalue weighted by Crippen LogP contribution is -2.34. The highest BCUT2D eigenvalue weighted by Crippen LogP contribution is 2.24. The van der Waals surface area contributed by atoms with Crippen molar-refractivity contribution >= 4 is 5.91 Å². The number of aryl methyl sites for hydroxylation is 1. The number of likely N-dealkylation sites (tertiary alicyclic amines) is 1. The second-order valence-corrected chi connectivity index (χ2v) is 7.02. The van der Waals surface area contributed by atoms with Gasteiger partial charge in [-0.05, 0) is 69.3 Å². The van der Waals surface area contributed by atoms with Crippen LogP contribution in [-0.4, -0.2) is 46.8 Å². The van der Waals surface area contributed by atoms with Crippen molar-refractivity contribution in [2.75, 3.05) is 26.2 Å². The van der Waals surface area contributed by atoms with E-state index in [0.29, 0.717) is 29.4 Å². The number of amides is 1. The number of nitrogens with one attached hydrogen (secondary N) is 1. The summed E-state index contributed by atoms with van der Waals surface area (Å²) >= 11 is 0. The van der Waals surface area contributed by atoms with E-state index in [1.165, 1.54) is 29.7 Å². The fraction of sp³-hybridized carbons (Fsp3) is 0.333. The summed E-state index contributed by atoms with van der Waals surface area (Å²) < 4.78 is 20.5. The van der Waals surface area contributed by atoms with Crippen LogP contribution in [0.4, 0.5) is 4.39 Å². The Morgan fingerprint density at radius 1 is 1.18 bits per heavy atom. The third-order valence-electron chi connectivity index (χ3n) is 4.92. The summed E-state index contributed by atoms with van der Waals surface area (Å²) in [5, 5.41) is 7.50. The summed E-state index contributed by atoms with van der Waals surface area (Å²) in [6, 6.07) is 11.3. The van der Waals surface area contributed by atoms with E-state index >= 15 is 0 Å². The summed E-state index contributed by atoms with van der Waals surface area (Å²) in [4.78, 5) is 15.2. The first kappa shape index (κ1) is 18.4. The molecule has 0 aliphatic carbocycles. The standard InChI is InChI=1S/C21H23FN4O2/c1-15-4-9-20(28-15)18-14-19(21(27)23-10-13-25-11-2-3-12-25)26(24-18)17-7-5-16(22)6-8-17/h4-9,14H,2-3,10-13H2,1H3,(H,23,27). The van der Waals surface area contributed by atoms with Crippen LogP contribution in [0.2, 0.25) is 0 Å². The molecule has 4 rings (SSSR count). The lowest BCUT2D eigenvalue weighted by atomic mass is 10.2. The van der Waals surface area contributed by atoms with Gasteiger partial charge in [-0.3, -0.25) is 4.79 Å². The average molecular weight is 382 g/mol. The minimum absolute atomic E-state index is 0.217. The molecular weight excluding hydrogens is 359 g/mol. The van der Waals surface area contributed by atoms with Crippen LogP contribution in [0.25, 0.3) is 17.1 Å². The van der Waals surface area contributed by atoms with E-state index in [-0.39, 0.29) is 11.7 Å². The Hall–Kier alpha value is -2.93. The number of furan rings is 1. The van der Waals surface area contributed by atoms with Crippen LogP contribution in [0.3, 0.4) is 0 Å². The molecule has 1 N–H and O–H groups in total. The molecule has 146 valence electrons. The van der Waals surface area contributed by atoms with Gasteiger partial charge >= 0.3 is 0 Å². The number of aromatic nitrogens is 2. The third-order valence-corrected chi connectivity index (χ3v) is 4.92. The molecule has 1 aliphatic heterocycles. The molecule has 1 fully saturated rings. The van der Waals surface area contributed by atoms with Crippen LogP contribution >= 0.6 is 0 Å². The molecule has 7 heteroatoms. The normalized spacial score (nSPS) is 14.5. The van der Waals surface area contributed by atoms with Crippen LogP contribution in [-0.2, 0) is 0 Å². The number of halogens is 1. The maximum Gasteiger partial charge on any atom is 0.270 e. The smallest absolute Gasteiger partial charge is 0.270 e. The van der Waals surface area contributed by atoms with Crippen LogP contribution in [0.15, 0.2) is 46.9 Å². The Labute approximate surface area is 162 Å². The fourth-order valence-electron chi connectivity index (χ4n) is 3.44. The van der Waals surface area contributed by atoms with Gasteiger partial charge in [-0.25, -0.2) is 9.07 Å². The average Bonchev–Trinajstić information content (AvgIpc) is 3.42. The van der Waals surface area contributed by atoms with Gasteiger partial charge in [0.2, 0.25) is 0 Å². The first-order valence-electron chi connectivity index (χ1n) is 9.53. The van der Waals surface area contributed by atoms with Gasteiger partial charge < -0.3 is 14.6 Å². The highest BCUT2D eigenvalue weighted by Gasteiger charge is 2.19. The SMILES string of the molecule is Cc1ccc(-c2cc(C(=O)NCCN3CCCC3)n(-c3ccc(F)cc3)n2)o1. The van der Waals surface area contributed by atoms with Gasteiger partial charge in [0.05, 0.1) is 5.69 Å². The monoisotopic (exact) mass is 382 g/mol. The van der Waals surface area contributed by atoms with Gasteiger partial charge in [0.1, 0.15) is 23.0 Å². The molecule has 0 saturated carbocycles. The number of rotatable bonds is 6. The largest absolute Gasteiger partial charge is 0.460 e. The lowest BCUT2D eigenvalue weighted by molar-refractivity contribution is 0.0942. The zero-order chi connectivity index (χ0) is 19.5. The molecule has 1 aliphatic rings. The minimum atomic E-state index is -0.339. The lowest BCUT2D eigenvalue weighted by Gasteiger charge is -2.15. The Bertz CT molecular complexity index is 955. The number of hydrogen-bond acceptors (Lipinski definition) is 4. The summed E-state index contributed by atoms with van der Waals surface area (Å²) in [5.41, 5.74) is 1.56. The van der Waals surface area contributed by atoms with Crippen molar-refractivity contribution in [2.24, 2.45) is 0 Å². The highest BCUT2D eigenvalue weighted by atomic mass is 19.1. The van der Waals surface area contributed by atoms with Gasteiger partial charge in [-0.1, -0.05) is 0 Å². The second-order valence-electron chi connectivity index (χ2n) is 7.02. The summed E-state index contributed by atoms with van der Waals surface area (Å²) in [6.45, 7) is 5.44. The van der Waals surface area contributed by atoms with Gasteiger partial charge in [-0.15, -0.1) is 0 Å². The molecule has 6 nitrogen and oxygen atoms in total. The molecule has 0 unspecified atom stereocenters. The number of nitrogens with zero attached hydrogens (tertiary/aromatic N) is 3. The van der Waals surface area contributed by atoms with Crippen molar-refractivity contribution < 1.29 is 13.6 Å². The van der Waals surface area contributed by atoms with E-state index in [1.54, 1.807) is 18.2 Å². The Morgan fingerprint density at radius 2 is 1.93 bits per heavy atom. The van der Waals surface area contributed by atoms with Gasteiger partial charge in [-0.2, -0.15) is 5.10 Å². The predicted octanol–water partition coefficient (Wildman–Crippen LogP) is 3.41. The molecule has 1 saturated heterocycles. The van der Waals surface area contributed by atoms with Crippen LogP contribution < -0.4 is 5.32 Å². The molecule has 0 bridgehead atoms. The fourth-order valence-corrected chi connectivity index (χ4v) is 3.44. The van der Waals surface area contributed by atoms with Crippen molar-refractivity contribution in [3.63, 3.8) is 0 Å². The van der Waals surface area contributed by atoms with Crippen LogP contribution in [0, 0.1) is 12.7 Å². The number of benzene rings is 1. The Kier molecular flexibility index (Phi) is 5.25. The molecule has 3 aromatic rings. The van der Waals surface area contributed by atoms with Crippen molar-refractivity contribution in [1.29, 1.82) is 0 Å². The van der Waals surface area contributed by atoms with Gasteiger partial charge in [0.25, 0.3) is 5.91 Å². The highest BCUT2D eigenvalue weighted by molar-refractivity contribution is 5.94. The zero-order valence-corrected chi connectivity index (χ0v) is 15.8. The molecule has 28 heavy (non-hydrogen) atoms. The first-order valence-corrected chi connectivity index (χ1v) is 9.53. The molecule has 2 aromatic heterocycles. The summed E-state index contributed by atoms with van der Waals surface area (Å²) in [5.74, 6) is 0.798. The molecular formula is C21H23FN4O2. The van der Waals surface area contributed by atoms with E-state index in [9.17, 15) is 9.18 Å². The van der Waals surface area contributed by atoms with E-state index in [2.05, 4.69) is 15.3 Å². The molecule has 0 atom stereocenters. The quantitative estimate of drug-likeness (QED) is 0.710. The second kappa shape index (κ2) is 7.98. The van der Waals surface area contributed by atoms with Crippen LogP contribution in [0.1, 0.15) is 29.1 Å². The predicted molar refractivity (Wildman–Crippen MR) is 104 cm³/mol. The van der Waals surface area contributed by atoms with Crippen molar-refractivity contribution in [2.45, 2.75) is 19.8 Å². The van der Waals surface area contributed by atoms with Gasteiger partial charge in [0.15, 0.2) is 5.76 Å². The van der Waals surface area contributed by atoms with E-state index in [4.69, 9.17) is 4.42 Å². The Balaban J connectivity index is 1.58. The molecule has 0 spiro atoms. The maximum absolute atomic E-state index is 13.3. The van der Waals surface area contributed by atoms with Crippen molar-refractivity contribution in [3.8, 4) is 17.1 Å². The maximum atomic E-state index is 13.3. The number of carbonyl (C=O) groups is 1. The van der Waals surface area contributed by atoms with Crippen molar-refractivity contribution in [3.05, 3.63) is 59.7 Å². The molecule has 0 radical (unpaired) electrons. The van der Waals surface area contributed by atoms with Gasteiger partial charge in [0, 0.05) is 19.2 Å². The molecule has 1 aromatic carbocycles. The van der Waals surface area contributed by atoms with Crippen molar-refractivity contribution in [1.82, 2.24) is 20.0 Å². The summed E-state index contributed by atoms with van der Waals surface area (Å²) in [7, 11) is 0.